The summed E-state index contributed by atoms with van der Waals surface area (Å²) in [5.74, 6) is 1.20. The second-order valence-electron chi connectivity index (χ2n) is 5.18. The number of ether oxygens (including phenoxy) is 1. The molecule has 1 unspecified atom stereocenters. The van der Waals surface area contributed by atoms with Gasteiger partial charge in [0.2, 0.25) is 0 Å². The fraction of sp³-hybridized carbons (Fsp3) is 0.333. The van der Waals surface area contributed by atoms with Crippen LogP contribution >= 0.6 is 0 Å². The number of nitrogens with one attached hydrogen (secondary N) is 1. The maximum Gasteiger partial charge on any atom is 0.123 e. The summed E-state index contributed by atoms with van der Waals surface area (Å²) in [6.07, 6.45) is 0.976. The van der Waals surface area contributed by atoms with E-state index >= 15 is 0 Å². The van der Waals surface area contributed by atoms with Crippen LogP contribution in [0, 0.1) is 0 Å². The van der Waals surface area contributed by atoms with Gasteiger partial charge in [-0.3, -0.25) is 0 Å². The van der Waals surface area contributed by atoms with E-state index in [9.17, 15) is 5.11 Å². The van der Waals surface area contributed by atoms with E-state index in [1.54, 1.807) is 19.2 Å². The first-order valence-corrected chi connectivity index (χ1v) is 7.33. The Hall–Kier alpha value is -2.00. The van der Waals surface area contributed by atoms with Gasteiger partial charge in [-0.25, -0.2) is 0 Å². The summed E-state index contributed by atoms with van der Waals surface area (Å²) in [5, 5.41) is 13.0. The van der Waals surface area contributed by atoms with E-state index in [1.165, 1.54) is 5.56 Å². The van der Waals surface area contributed by atoms with Crippen LogP contribution < -0.4 is 10.1 Å². The molecule has 0 saturated carbocycles. The lowest BCUT2D eigenvalue weighted by atomic mass is 10.0. The lowest BCUT2D eigenvalue weighted by Gasteiger charge is -2.24. The molecule has 2 N–H and O–H groups in total. The lowest BCUT2D eigenvalue weighted by Crippen LogP contribution is -2.24. The number of phenolic OH excluding ortho intramolecular Hbond substituents is 1. The molecule has 2 atom stereocenters. The molecule has 0 aliphatic heterocycles. The highest BCUT2D eigenvalue weighted by atomic mass is 16.5. The third kappa shape index (κ3) is 3.76. The minimum Gasteiger partial charge on any atom is -0.508 e. The van der Waals surface area contributed by atoms with Crippen LogP contribution in [0.5, 0.6) is 11.5 Å². The van der Waals surface area contributed by atoms with Crippen LogP contribution in [0.1, 0.15) is 43.5 Å². The molecule has 2 rings (SSSR count). The highest BCUT2D eigenvalue weighted by molar-refractivity contribution is 5.36. The van der Waals surface area contributed by atoms with E-state index < -0.39 is 0 Å². The Morgan fingerprint density at radius 2 is 1.76 bits per heavy atom. The molecular weight excluding hydrogens is 262 g/mol. The van der Waals surface area contributed by atoms with Crippen molar-refractivity contribution in [2.45, 2.75) is 32.4 Å². The van der Waals surface area contributed by atoms with Crippen LogP contribution in [0.25, 0.3) is 0 Å². The van der Waals surface area contributed by atoms with Crippen molar-refractivity contribution in [3.63, 3.8) is 0 Å². The summed E-state index contributed by atoms with van der Waals surface area (Å²) in [5.41, 5.74) is 2.33. The first-order chi connectivity index (χ1) is 10.2. The smallest absolute Gasteiger partial charge is 0.123 e. The predicted molar refractivity (Wildman–Crippen MR) is 85.7 cm³/mol. The Labute approximate surface area is 126 Å². The third-order valence-electron chi connectivity index (χ3n) is 3.76. The maximum absolute atomic E-state index is 9.40. The average Bonchev–Trinajstić information content (AvgIpc) is 2.53. The van der Waals surface area contributed by atoms with E-state index in [0.717, 1.165) is 17.7 Å². The van der Waals surface area contributed by atoms with Gasteiger partial charge in [-0.1, -0.05) is 37.3 Å². The molecule has 0 aliphatic carbocycles. The fourth-order valence-corrected chi connectivity index (χ4v) is 2.57. The molecule has 0 aliphatic rings. The van der Waals surface area contributed by atoms with Crippen molar-refractivity contribution in [2.75, 3.05) is 7.11 Å². The molecule has 3 nitrogen and oxygen atoms in total. The first-order valence-electron chi connectivity index (χ1n) is 7.33. The SMILES string of the molecule is CCC(N[C@H](C)c1ccccc1OC)c1ccc(O)cc1. The summed E-state index contributed by atoms with van der Waals surface area (Å²) >= 11 is 0. The molecule has 0 aromatic heterocycles. The number of methoxy groups -OCH3 is 1. The van der Waals surface area contributed by atoms with Gasteiger partial charge in [0.05, 0.1) is 7.11 Å². The Morgan fingerprint density at radius 1 is 1.10 bits per heavy atom. The summed E-state index contributed by atoms with van der Waals surface area (Å²) < 4.78 is 5.43. The van der Waals surface area contributed by atoms with Crippen LogP contribution in [0.3, 0.4) is 0 Å². The molecule has 0 bridgehead atoms. The van der Waals surface area contributed by atoms with E-state index in [-0.39, 0.29) is 12.1 Å². The quantitative estimate of drug-likeness (QED) is 0.835. The van der Waals surface area contributed by atoms with Crippen LogP contribution in [-0.2, 0) is 0 Å². The number of phenols is 1. The van der Waals surface area contributed by atoms with Crippen LogP contribution in [0.4, 0.5) is 0 Å². The van der Waals surface area contributed by atoms with Gasteiger partial charge in [-0.2, -0.15) is 0 Å². The number of benzene rings is 2. The molecule has 0 fully saturated rings. The summed E-state index contributed by atoms with van der Waals surface area (Å²) in [4.78, 5) is 0. The Morgan fingerprint density at radius 3 is 2.38 bits per heavy atom. The van der Waals surface area contributed by atoms with E-state index in [2.05, 4.69) is 25.2 Å². The zero-order valence-corrected chi connectivity index (χ0v) is 12.8. The van der Waals surface area contributed by atoms with Crippen LogP contribution in [0.2, 0.25) is 0 Å². The zero-order valence-electron chi connectivity index (χ0n) is 12.8. The highest BCUT2D eigenvalue weighted by Crippen LogP contribution is 2.28. The molecule has 0 saturated heterocycles. The summed E-state index contributed by atoms with van der Waals surface area (Å²) in [7, 11) is 1.70. The Bertz CT molecular complexity index is 566. The molecule has 21 heavy (non-hydrogen) atoms. The molecule has 3 heteroatoms. The van der Waals surface area contributed by atoms with Crippen molar-refractivity contribution in [1.29, 1.82) is 0 Å². The van der Waals surface area contributed by atoms with Gasteiger partial charge in [0.15, 0.2) is 0 Å². The molecule has 0 spiro atoms. The molecular formula is C18H23NO2. The van der Waals surface area contributed by atoms with Crippen LogP contribution in [0.15, 0.2) is 48.5 Å². The van der Waals surface area contributed by atoms with Gasteiger partial charge >= 0.3 is 0 Å². The monoisotopic (exact) mass is 285 g/mol. The summed E-state index contributed by atoms with van der Waals surface area (Å²) in [6.45, 7) is 4.29. The van der Waals surface area contributed by atoms with Gasteiger partial charge in [0, 0.05) is 17.6 Å². The predicted octanol–water partition coefficient (Wildman–Crippen LogP) is 4.20. The van der Waals surface area contributed by atoms with Gasteiger partial charge < -0.3 is 15.2 Å². The standard InChI is InChI=1S/C18H23NO2/c1-4-17(14-9-11-15(20)12-10-14)19-13(2)16-7-5-6-8-18(16)21-3/h5-13,17,19-20H,4H2,1-3H3/t13-,17?/m1/s1. The maximum atomic E-state index is 9.40. The van der Waals surface area contributed by atoms with Crippen LogP contribution in [-0.4, -0.2) is 12.2 Å². The number of hydrogen-bond donors (Lipinski definition) is 2. The molecule has 0 amide bonds. The van der Waals surface area contributed by atoms with Gasteiger partial charge in [-0.05, 0) is 37.1 Å². The highest BCUT2D eigenvalue weighted by Gasteiger charge is 2.16. The molecule has 0 radical (unpaired) electrons. The van der Waals surface area contributed by atoms with E-state index in [4.69, 9.17) is 4.74 Å². The average molecular weight is 285 g/mol. The lowest BCUT2D eigenvalue weighted by molar-refractivity contribution is 0.392. The minimum atomic E-state index is 0.180. The van der Waals surface area contributed by atoms with Crippen molar-refractivity contribution in [3.05, 3.63) is 59.7 Å². The largest absolute Gasteiger partial charge is 0.508 e. The fourth-order valence-electron chi connectivity index (χ4n) is 2.57. The van der Waals surface area contributed by atoms with Crippen molar-refractivity contribution >= 4 is 0 Å². The number of hydrogen-bond acceptors (Lipinski definition) is 3. The second-order valence-corrected chi connectivity index (χ2v) is 5.18. The Kier molecular flexibility index (Phi) is 5.23. The minimum absolute atomic E-state index is 0.180. The number of para-hydroxylation sites is 1. The van der Waals surface area contributed by atoms with Gasteiger partial charge in [0.1, 0.15) is 11.5 Å². The topological polar surface area (TPSA) is 41.5 Å². The summed E-state index contributed by atoms with van der Waals surface area (Å²) in [6, 6.07) is 15.9. The van der Waals surface area contributed by atoms with Crippen molar-refractivity contribution in [2.24, 2.45) is 0 Å². The normalized spacial score (nSPS) is 13.7. The van der Waals surface area contributed by atoms with E-state index in [0.29, 0.717) is 5.75 Å². The molecule has 2 aromatic carbocycles. The molecule has 2 aromatic rings. The third-order valence-corrected chi connectivity index (χ3v) is 3.76. The van der Waals surface area contributed by atoms with Crippen molar-refractivity contribution < 1.29 is 9.84 Å². The van der Waals surface area contributed by atoms with Crippen molar-refractivity contribution in [1.82, 2.24) is 5.32 Å². The number of rotatable bonds is 6. The van der Waals surface area contributed by atoms with Gasteiger partial charge in [-0.15, -0.1) is 0 Å². The molecule has 0 heterocycles. The first kappa shape index (κ1) is 15.4. The van der Waals surface area contributed by atoms with Crippen molar-refractivity contribution in [3.8, 4) is 11.5 Å². The Balaban J connectivity index is 2.16. The number of aromatic hydroxyl groups is 1. The van der Waals surface area contributed by atoms with E-state index in [1.807, 2.05) is 30.3 Å². The molecule has 112 valence electrons. The zero-order chi connectivity index (χ0) is 15.2. The van der Waals surface area contributed by atoms with Gasteiger partial charge in [0.25, 0.3) is 0 Å². The second kappa shape index (κ2) is 7.14.